The minimum Gasteiger partial charge on any atom is -0.438 e. The number of nitrogens with zero attached hydrogens (tertiary/aromatic N) is 1. The zero-order chi connectivity index (χ0) is 11.0. The van der Waals surface area contributed by atoms with E-state index in [9.17, 15) is 0 Å². The van der Waals surface area contributed by atoms with Gasteiger partial charge in [-0.3, -0.25) is 0 Å². The normalized spacial score (nSPS) is 20.4. The third-order valence-electron chi connectivity index (χ3n) is 2.70. The molecule has 3 rings (SSSR count). The number of nitrogens with one attached hydrogen (secondary N) is 1. The van der Waals surface area contributed by atoms with Gasteiger partial charge in [0, 0.05) is 0 Å². The Kier molecular flexibility index (Phi) is 2.71. The van der Waals surface area contributed by atoms with E-state index in [0.717, 1.165) is 33.8 Å². The fourth-order valence-corrected chi connectivity index (χ4v) is 2.89. The van der Waals surface area contributed by atoms with Crippen molar-refractivity contribution >= 4 is 22.9 Å². The summed E-state index contributed by atoms with van der Waals surface area (Å²) >= 11 is 7.40. The average Bonchev–Trinajstić information content (AvgIpc) is 2.97. The molecule has 1 atom stereocenters. The first-order chi connectivity index (χ1) is 7.83. The minimum atomic E-state index is 0.282. The van der Waals surface area contributed by atoms with Crippen LogP contribution in [0.3, 0.4) is 0 Å². The molecule has 0 aliphatic carbocycles. The van der Waals surface area contributed by atoms with E-state index in [2.05, 4.69) is 10.3 Å². The van der Waals surface area contributed by atoms with E-state index in [1.807, 2.05) is 12.1 Å². The summed E-state index contributed by atoms with van der Waals surface area (Å²) in [4.78, 5) is 5.35. The van der Waals surface area contributed by atoms with Crippen LogP contribution in [0.15, 0.2) is 22.7 Å². The molecule has 2 aromatic rings. The van der Waals surface area contributed by atoms with Crippen molar-refractivity contribution in [1.29, 1.82) is 0 Å². The lowest BCUT2D eigenvalue weighted by Crippen LogP contribution is -2.12. The SMILES string of the molecule is Clc1ccc(-c2cnc(C3CCCN3)o2)s1. The maximum absolute atomic E-state index is 5.89. The van der Waals surface area contributed by atoms with Crippen molar-refractivity contribution < 1.29 is 4.42 Å². The van der Waals surface area contributed by atoms with Crippen LogP contribution in [-0.4, -0.2) is 11.5 Å². The first-order valence-electron chi connectivity index (χ1n) is 5.28. The lowest BCUT2D eigenvalue weighted by atomic mass is 10.2. The van der Waals surface area contributed by atoms with E-state index in [-0.39, 0.29) is 6.04 Å². The summed E-state index contributed by atoms with van der Waals surface area (Å²) in [6.45, 7) is 1.05. The van der Waals surface area contributed by atoms with Crippen LogP contribution in [0.4, 0.5) is 0 Å². The van der Waals surface area contributed by atoms with Crippen LogP contribution >= 0.6 is 22.9 Å². The van der Waals surface area contributed by atoms with Crippen molar-refractivity contribution in [3.8, 4) is 10.6 Å². The Morgan fingerprint density at radius 3 is 3.12 bits per heavy atom. The molecule has 3 nitrogen and oxygen atoms in total. The maximum Gasteiger partial charge on any atom is 0.212 e. The molecule has 1 aliphatic rings. The van der Waals surface area contributed by atoms with Gasteiger partial charge in [-0.05, 0) is 31.5 Å². The highest BCUT2D eigenvalue weighted by Gasteiger charge is 2.21. The van der Waals surface area contributed by atoms with Gasteiger partial charge in [0.15, 0.2) is 5.76 Å². The van der Waals surface area contributed by atoms with Gasteiger partial charge in [-0.15, -0.1) is 11.3 Å². The fraction of sp³-hybridized carbons (Fsp3) is 0.364. The molecule has 0 radical (unpaired) electrons. The Morgan fingerprint density at radius 1 is 1.50 bits per heavy atom. The molecular weight excluding hydrogens is 244 g/mol. The molecule has 16 heavy (non-hydrogen) atoms. The molecule has 1 saturated heterocycles. The van der Waals surface area contributed by atoms with Gasteiger partial charge in [0.05, 0.1) is 21.5 Å². The van der Waals surface area contributed by atoms with Crippen LogP contribution in [0.2, 0.25) is 4.34 Å². The molecule has 84 valence electrons. The molecule has 1 N–H and O–H groups in total. The second kappa shape index (κ2) is 4.20. The average molecular weight is 255 g/mol. The summed E-state index contributed by atoms with van der Waals surface area (Å²) in [5.41, 5.74) is 0. The monoisotopic (exact) mass is 254 g/mol. The van der Waals surface area contributed by atoms with Crippen LogP contribution in [0.1, 0.15) is 24.8 Å². The van der Waals surface area contributed by atoms with Gasteiger partial charge in [0.1, 0.15) is 0 Å². The zero-order valence-corrected chi connectivity index (χ0v) is 10.1. The predicted octanol–water partition coefficient (Wildman–Crippen LogP) is 3.48. The largest absolute Gasteiger partial charge is 0.438 e. The smallest absolute Gasteiger partial charge is 0.212 e. The maximum atomic E-state index is 5.89. The lowest BCUT2D eigenvalue weighted by Gasteiger charge is -2.03. The molecule has 2 aromatic heterocycles. The Labute approximate surface area is 102 Å². The van der Waals surface area contributed by atoms with Gasteiger partial charge in [-0.25, -0.2) is 4.98 Å². The van der Waals surface area contributed by atoms with Gasteiger partial charge >= 0.3 is 0 Å². The van der Waals surface area contributed by atoms with E-state index in [1.54, 1.807) is 6.20 Å². The third-order valence-corrected chi connectivity index (χ3v) is 3.94. The Bertz CT molecular complexity index is 488. The topological polar surface area (TPSA) is 38.1 Å². The summed E-state index contributed by atoms with van der Waals surface area (Å²) in [7, 11) is 0. The Balaban J connectivity index is 1.87. The minimum absolute atomic E-state index is 0.282. The molecule has 0 aromatic carbocycles. The van der Waals surface area contributed by atoms with E-state index in [4.69, 9.17) is 16.0 Å². The Hall–Kier alpha value is -0.840. The van der Waals surface area contributed by atoms with Crippen LogP contribution < -0.4 is 5.32 Å². The summed E-state index contributed by atoms with van der Waals surface area (Å²) < 4.78 is 6.52. The molecule has 0 amide bonds. The van der Waals surface area contributed by atoms with E-state index < -0.39 is 0 Å². The van der Waals surface area contributed by atoms with Crippen molar-refractivity contribution in [3.05, 3.63) is 28.6 Å². The fourth-order valence-electron chi connectivity index (χ4n) is 1.90. The second-order valence-electron chi connectivity index (χ2n) is 3.82. The second-order valence-corrected chi connectivity index (χ2v) is 5.53. The molecular formula is C11H11ClN2OS. The van der Waals surface area contributed by atoms with Crippen LogP contribution in [0, 0.1) is 0 Å². The van der Waals surface area contributed by atoms with Crippen molar-refractivity contribution in [3.63, 3.8) is 0 Å². The number of aromatic nitrogens is 1. The van der Waals surface area contributed by atoms with Crippen LogP contribution in [0.25, 0.3) is 10.6 Å². The van der Waals surface area contributed by atoms with Gasteiger partial charge in [-0.1, -0.05) is 11.6 Å². The van der Waals surface area contributed by atoms with Crippen LogP contribution in [0.5, 0.6) is 0 Å². The first-order valence-corrected chi connectivity index (χ1v) is 6.47. The highest BCUT2D eigenvalue weighted by atomic mass is 35.5. The summed E-state index contributed by atoms with van der Waals surface area (Å²) in [6.07, 6.45) is 4.07. The molecule has 0 spiro atoms. The van der Waals surface area contributed by atoms with Gasteiger partial charge < -0.3 is 9.73 Å². The number of halogens is 1. The van der Waals surface area contributed by atoms with Gasteiger partial charge in [-0.2, -0.15) is 0 Å². The van der Waals surface area contributed by atoms with Crippen molar-refractivity contribution in [2.24, 2.45) is 0 Å². The van der Waals surface area contributed by atoms with Gasteiger partial charge in [0.25, 0.3) is 0 Å². The summed E-state index contributed by atoms with van der Waals surface area (Å²) in [5, 5.41) is 3.36. The van der Waals surface area contributed by atoms with E-state index >= 15 is 0 Å². The third kappa shape index (κ3) is 1.88. The predicted molar refractivity (Wildman–Crippen MR) is 64.8 cm³/mol. The van der Waals surface area contributed by atoms with E-state index in [0.29, 0.717) is 0 Å². The first kappa shape index (κ1) is 10.3. The molecule has 0 saturated carbocycles. The lowest BCUT2D eigenvalue weighted by molar-refractivity contribution is 0.438. The number of rotatable bonds is 2. The van der Waals surface area contributed by atoms with Crippen molar-refractivity contribution in [2.45, 2.75) is 18.9 Å². The standard InChI is InChI=1S/C11H11ClN2OS/c12-10-4-3-9(16-10)8-6-14-11(15-8)7-2-1-5-13-7/h3-4,6-7,13H,1-2,5H2. The van der Waals surface area contributed by atoms with Crippen molar-refractivity contribution in [2.75, 3.05) is 6.54 Å². The van der Waals surface area contributed by atoms with Crippen LogP contribution in [-0.2, 0) is 0 Å². The van der Waals surface area contributed by atoms with Gasteiger partial charge in [0.2, 0.25) is 5.89 Å². The molecule has 0 bridgehead atoms. The molecule has 5 heteroatoms. The molecule has 1 fully saturated rings. The molecule has 1 aliphatic heterocycles. The zero-order valence-electron chi connectivity index (χ0n) is 8.57. The quantitative estimate of drug-likeness (QED) is 0.892. The summed E-state index contributed by atoms with van der Waals surface area (Å²) in [5.74, 6) is 1.60. The molecule has 3 heterocycles. The molecule has 1 unspecified atom stereocenters. The van der Waals surface area contributed by atoms with E-state index in [1.165, 1.54) is 17.8 Å². The highest BCUT2D eigenvalue weighted by Crippen LogP contribution is 2.33. The highest BCUT2D eigenvalue weighted by molar-refractivity contribution is 7.19. The Morgan fingerprint density at radius 2 is 2.44 bits per heavy atom. The summed E-state index contributed by atoms with van der Waals surface area (Å²) in [6, 6.07) is 4.11. The number of thiophene rings is 1. The number of hydrogen-bond donors (Lipinski definition) is 1. The number of hydrogen-bond acceptors (Lipinski definition) is 4. The number of oxazole rings is 1. The van der Waals surface area contributed by atoms with Crippen molar-refractivity contribution in [1.82, 2.24) is 10.3 Å².